The van der Waals surface area contributed by atoms with Gasteiger partial charge in [0, 0.05) is 53.0 Å². The number of carboxylic acids is 2. The third-order valence-corrected chi connectivity index (χ3v) is 16.6. The van der Waals surface area contributed by atoms with E-state index in [4.69, 9.17) is 31.2 Å². The average Bonchev–Trinajstić information content (AvgIpc) is 1.63. The average molecular weight is 1500 g/mol. The van der Waals surface area contributed by atoms with Crippen LogP contribution in [0.25, 0.3) is 0 Å². The van der Waals surface area contributed by atoms with Crippen molar-refractivity contribution in [1.29, 1.82) is 0 Å². The topological polar surface area (TPSA) is 591 Å². The molecule has 3 fully saturated rings. The number of methoxy groups -OCH3 is 2. The molecule has 0 aromatic heterocycles. The number of benzene rings is 2. The number of ether oxygens (including phenoxy) is 8. The van der Waals surface area contributed by atoms with E-state index >= 15 is 0 Å². The smallest absolute Gasteiger partial charge is 0.371 e. The lowest BCUT2D eigenvalue weighted by molar-refractivity contribution is -0.271. The Morgan fingerprint density at radius 3 is 1.43 bits per heavy atom. The molecular formula is C60H76N10O31S2. The number of carbonyl (C=O) groups is 16. The van der Waals surface area contributed by atoms with Crippen molar-refractivity contribution in [3.05, 3.63) is 59.4 Å². The van der Waals surface area contributed by atoms with Crippen LogP contribution in [0.5, 0.6) is 11.5 Å². The molecule has 41 nitrogen and oxygen atoms in total. The molecule has 2 aromatic rings. The molecule has 564 valence electrons. The van der Waals surface area contributed by atoms with Crippen LogP contribution in [-0.2, 0) is 118 Å². The summed E-state index contributed by atoms with van der Waals surface area (Å²) in [6, 6.07) is 4.51. The Labute approximate surface area is 594 Å². The number of aliphatic hydroxyl groups excluding tert-OH is 5. The van der Waals surface area contributed by atoms with Crippen molar-refractivity contribution >= 4 is 131 Å². The molecule has 4 aliphatic heterocycles. The number of anilines is 2. The lowest BCUT2D eigenvalue weighted by Gasteiger charge is -2.38. The van der Waals surface area contributed by atoms with Gasteiger partial charge in [-0.1, -0.05) is 12.1 Å². The lowest BCUT2D eigenvalue weighted by atomic mass is 9.99. The van der Waals surface area contributed by atoms with Gasteiger partial charge in [-0.3, -0.25) is 76.9 Å². The van der Waals surface area contributed by atoms with Crippen LogP contribution in [0.15, 0.2) is 48.2 Å². The van der Waals surface area contributed by atoms with Crippen LogP contribution in [0.2, 0.25) is 0 Å². The predicted octanol–water partition coefficient (Wildman–Crippen LogP) is -7.22. The first-order valence-electron chi connectivity index (χ1n) is 31.4. The number of aliphatic carboxylic acids is 2. The third-order valence-electron chi connectivity index (χ3n) is 14.7. The van der Waals surface area contributed by atoms with Gasteiger partial charge in [0.2, 0.25) is 82.9 Å². The van der Waals surface area contributed by atoms with Gasteiger partial charge in [0.1, 0.15) is 74.3 Å². The highest BCUT2D eigenvalue weighted by Gasteiger charge is 2.49. The van der Waals surface area contributed by atoms with E-state index in [-0.39, 0.29) is 72.9 Å². The van der Waals surface area contributed by atoms with Gasteiger partial charge in [0.15, 0.2) is 14.9 Å². The fourth-order valence-electron chi connectivity index (χ4n) is 9.38. The van der Waals surface area contributed by atoms with E-state index in [0.29, 0.717) is 0 Å². The molecular weight excluding hydrogens is 1420 g/mol. The van der Waals surface area contributed by atoms with Gasteiger partial charge < -0.3 is 116 Å². The van der Waals surface area contributed by atoms with Crippen molar-refractivity contribution in [1.82, 2.24) is 41.7 Å². The summed E-state index contributed by atoms with van der Waals surface area (Å²) in [5, 5.41) is 87.1. The van der Waals surface area contributed by atoms with Crippen LogP contribution in [0.3, 0.4) is 0 Å². The van der Waals surface area contributed by atoms with Gasteiger partial charge in [-0.05, 0) is 54.0 Å². The van der Waals surface area contributed by atoms with E-state index in [1.165, 1.54) is 50.6 Å². The molecule has 12 atom stereocenters. The van der Waals surface area contributed by atoms with Crippen LogP contribution in [-0.4, -0.2) is 292 Å². The molecule has 0 radical (unpaired) electrons. The predicted molar refractivity (Wildman–Crippen MR) is 346 cm³/mol. The van der Waals surface area contributed by atoms with Gasteiger partial charge in [-0.2, -0.15) is 23.5 Å². The Bertz CT molecular complexity index is 3620. The summed E-state index contributed by atoms with van der Waals surface area (Å²) in [6.07, 6.45) is -14.2. The van der Waals surface area contributed by atoms with Crippen LogP contribution < -0.4 is 52.0 Å². The molecule has 4 aliphatic rings. The summed E-state index contributed by atoms with van der Waals surface area (Å²) in [7, 11) is 2.74. The monoisotopic (exact) mass is 1500 g/mol. The van der Waals surface area contributed by atoms with Crippen molar-refractivity contribution < 1.29 is 153 Å². The zero-order valence-electron chi connectivity index (χ0n) is 57.0. The Morgan fingerprint density at radius 1 is 0.602 bits per heavy atom. The summed E-state index contributed by atoms with van der Waals surface area (Å²) in [5.74, 6) is -13.5. The highest BCUT2D eigenvalue weighted by Crippen LogP contribution is 2.33. The number of thioether (sulfide) groups is 2. The molecule has 4 unspecified atom stereocenters. The van der Waals surface area contributed by atoms with Crippen molar-refractivity contribution in [3.8, 4) is 11.5 Å². The Kier molecular flexibility index (Phi) is 32.0. The number of imide groups is 2. The van der Waals surface area contributed by atoms with Crippen molar-refractivity contribution in [2.75, 3.05) is 89.8 Å². The third kappa shape index (κ3) is 25.1. The number of nitrogens with zero attached hydrogens (tertiary/aromatic N) is 2. The van der Waals surface area contributed by atoms with Crippen molar-refractivity contribution in [2.24, 2.45) is 0 Å². The molecule has 0 aliphatic carbocycles. The summed E-state index contributed by atoms with van der Waals surface area (Å²) >= 11 is 2.29. The number of amides is 12. The van der Waals surface area contributed by atoms with E-state index < -0.39 is 226 Å². The summed E-state index contributed by atoms with van der Waals surface area (Å²) in [6.45, 7) is -4.58. The quantitative estimate of drug-likeness (QED) is 0.0223. The SMILES string of the molecule is [2H]C(=O)OCc1ccc(O[C@@H]2OC(C(=O)O)=C[C@H](O)[C@H]2O)c(NC(=O)CNC(=O)C(CNC(=O)CCOC)NC(=O)CN2C(=O)CC(SC)C2=O)c1.[2H]C(=O)OCc1ccc(O[C@@H]2O[C@H](C(=O)O)[C@@H](O)[C@H](O)[C@H]2O)c(NC(=O)CNC(=O)C(CNC(=O)CCOC)NC(=O)CN2C(=O)CC(SC)C2=O)c1. The van der Waals surface area contributed by atoms with Gasteiger partial charge in [0.25, 0.3) is 19.2 Å². The number of aliphatic hydroxyl groups is 5. The maximum atomic E-state index is 13.2. The van der Waals surface area contributed by atoms with E-state index in [1.54, 1.807) is 12.5 Å². The number of hydrogen-bond donors (Lipinski definition) is 15. The largest absolute Gasteiger partial charge is 0.479 e. The molecule has 6 rings (SSSR count). The summed E-state index contributed by atoms with van der Waals surface area (Å²) in [4.78, 5) is 198. The van der Waals surface area contributed by atoms with E-state index in [9.17, 15) is 112 Å². The second-order valence-electron chi connectivity index (χ2n) is 22.0. The molecule has 43 heteroatoms. The number of carbonyl (C=O) groups excluding carboxylic acids is 14. The van der Waals surface area contributed by atoms with Crippen LogP contribution >= 0.6 is 23.5 Å². The fourth-order valence-corrected chi connectivity index (χ4v) is 10.7. The van der Waals surface area contributed by atoms with E-state index in [0.717, 1.165) is 39.4 Å². The number of hydrogen-bond acceptors (Lipinski definition) is 31. The first-order valence-corrected chi connectivity index (χ1v) is 33.0. The molecule has 103 heavy (non-hydrogen) atoms. The highest BCUT2D eigenvalue weighted by molar-refractivity contribution is 8.00. The maximum absolute atomic E-state index is 13.2. The van der Waals surface area contributed by atoms with Crippen molar-refractivity contribution in [3.63, 3.8) is 0 Å². The van der Waals surface area contributed by atoms with Gasteiger partial charge in [-0.15, -0.1) is 0 Å². The number of rotatable bonds is 36. The number of likely N-dealkylation sites (tertiary alicyclic amines) is 2. The van der Waals surface area contributed by atoms with Crippen molar-refractivity contribution in [2.45, 2.75) is 111 Å². The molecule has 15 N–H and O–H groups in total. The van der Waals surface area contributed by atoms with E-state index in [1.807, 2.05) is 0 Å². The molecule has 12 amide bonds. The first-order chi connectivity index (χ1) is 49.7. The zero-order chi connectivity index (χ0) is 77.9. The molecule has 2 aromatic carbocycles. The standard InChI is InChI=1S/C30H39N5O16S.C30H37N5O15S/c1-48-6-5-19(37)31-9-16(34-21(39)11-35-22(40)8-18(52-2)28(35)45)27(44)32-10-20(38)33-15-7-14(12-49-13-36)3-4-17(15)50-30-25(43)23(41)24(42)26(51-30)29(46)47;1-47-6-5-22(38)31-10-17(34-24(40)12-35-25(41)9-21(51-2)28(35)44)27(43)32-11-23(39)33-16-7-15(13-48-14-36)3-4-19(16)49-30-26(42)18(37)8-20(50-30)29(45)46/h3-4,7,13,16,18,23-26,30,41-43H,5-6,8-12H2,1-2H3,(H,31,37)(H,32,44)(H,33,38)(H,34,39)(H,46,47);3-4,7-8,14,17-18,21,26,30,37,42H,5-6,9-13H2,1-2H3,(H,31,38)(H,32,43)(H,33,39)(H,34,40)(H,45,46)/t16?,18?,23-,24-,25+,26-,30+;17?,18-,21?,26+,30+/m00/s1/i13D;14D. The zero-order valence-corrected chi connectivity index (χ0v) is 56.6. The fraction of sp³-hybridized carbons (Fsp3) is 0.500. The number of carboxylic acid groups (broad SMARTS) is 2. The lowest BCUT2D eigenvalue weighted by Crippen LogP contribution is -2.61. The van der Waals surface area contributed by atoms with Crippen LogP contribution in [0.1, 0.15) is 39.6 Å². The van der Waals surface area contributed by atoms with E-state index in [2.05, 4.69) is 52.0 Å². The van der Waals surface area contributed by atoms with Gasteiger partial charge in [-0.25, -0.2) is 9.59 Å². The summed E-state index contributed by atoms with van der Waals surface area (Å²) in [5.41, 5.74) is 0.0412. The minimum Gasteiger partial charge on any atom is -0.479 e. The molecule has 4 heterocycles. The Hall–Kier alpha value is -10.1. The Balaban J connectivity index is 0.000000377. The molecule has 0 bridgehead atoms. The first kappa shape index (κ1) is 80.2. The minimum atomic E-state index is -2.02. The number of nitrogens with one attached hydrogen (secondary N) is 8. The second-order valence-corrected chi connectivity index (χ2v) is 24.1. The molecule has 3 saturated heterocycles. The highest BCUT2D eigenvalue weighted by atomic mass is 32.2. The Morgan fingerprint density at radius 2 is 1.04 bits per heavy atom. The van der Waals surface area contributed by atoms with Crippen LogP contribution in [0, 0.1) is 0 Å². The van der Waals surface area contributed by atoms with Gasteiger partial charge >= 0.3 is 11.9 Å². The molecule has 0 spiro atoms. The molecule has 0 saturated carbocycles. The normalized spacial score (nSPS) is 22.1. The maximum Gasteiger partial charge on any atom is 0.371 e. The van der Waals surface area contributed by atoms with Gasteiger partial charge in [0.05, 0.1) is 48.2 Å². The summed E-state index contributed by atoms with van der Waals surface area (Å²) < 4.78 is 54.2. The second kappa shape index (κ2) is 41.1. The van der Waals surface area contributed by atoms with Crippen LogP contribution in [0.4, 0.5) is 11.4 Å². The minimum absolute atomic E-state index is 0.0535.